The van der Waals surface area contributed by atoms with Crippen LogP contribution in [0.1, 0.15) is 114 Å². The summed E-state index contributed by atoms with van der Waals surface area (Å²) in [5, 5.41) is 7.21. The Morgan fingerprint density at radius 1 is 0.914 bits per heavy atom. The van der Waals surface area contributed by atoms with E-state index in [-0.39, 0.29) is 0 Å². The van der Waals surface area contributed by atoms with E-state index in [4.69, 9.17) is 41.4 Å². The van der Waals surface area contributed by atoms with Gasteiger partial charge in [0.1, 0.15) is 5.75 Å². The van der Waals surface area contributed by atoms with Gasteiger partial charge in [0.25, 0.3) is 0 Å². The van der Waals surface area contributed by atoms with Gasteiger partial charge in [-0.15, -0.1) is 0 Å². The van der Waals surface area contributed by atoms with Crippen molar-refractivity contribution in [3.05, 3.63) is 29.3 Å². The molecule has 1 aromatic carbocycles. The van der Waals surface area contributed by atoms with E-state index in [1.807, 2.05) is 0 Å². The zero-order valence-corrected chi connectivity index (χ0v) is 24.7. The van der Waals surface area contributed by atoms with Gasteiger partial charge in [-0.2, -0.15) is 0 Å². The lowest BCUT2D eigenvalue weighted by Crippen LogP contribution is -2.28. The van der Waals surface area contributed by atoms with Crippen LogP contribution in [0.5, 0.6) is 5.75 Å². The predicted molar refractivity (Wildman–Crippen MR) is 160 cm³/mol. The van der Waals surface area contributed by atoms with Gasteiger partial charge in [-0.25, -0.2) is 14.0 Å². The Morgan fingerprint density at radius 2 is 1.60 bits per heavy atom. The molecular formula is C27H39N3OS3Si. The zero-order chi connectivity index (χ0) is 25.4. The molecule has 1 unspecified atom stereocenters. The molecule has 4 nitrogen and oxygen atoms in total. The van der Waals surface area contributed by atoms with Gasteiger partial charge in [0.2, 0.25) is 0 Å². The van der Waals surface area contributed by atoms with Crippen molar-refractivity contribution >= 4 is 60.7 Å². The van der Waals surface area contributed by atoms with Crippen molar-refractivity contribution in [3.8, 4) is 5.75 Å². The number of rotatable bonds is 16. The van der Waals surface area contributed by atoms with E-state index in [9.17, 15) is 0 Å². The van der Waals surface area contributed by atoms with Gasteiger partial charge in [-0.1, -0.05) is 70.9 Å². The first-order valence-electron chi connectivity index (χ1n) is 13.2. The van der Waals surface area contributed by atoms with E-state index in [0.717, 1.165) is 12.2 Å². The highest BCUT2D eigenvalue weighted by atomic mass is 32.1. The Bertz CT molecular complexity index is 886. The van der Waals surface area contributed by atoms with Crippen LogP contribution < -0.4 is 4.74 Å². The summed E-state index contributed by atoms with van der Waals surface area (Å²) in [6, 6.07) is 7.57. The molecule has 1 fully saturated rings. The minimum atomic E-state index is -2.88. The fourth-order valence-corrected chi connectivity index (χ4v) is 7.96. The molecule has 1 aliphatic carbocycles. The van der Waals surface area contributed by atoms with Gasteiger partial charge in [0.05, 0.1) is 22.1 Å². The molecular weight excluding hydrogens is 507 g/mol. The molecule has 35 heavy (non-hydrogen) atoms. The van der Waals surface area contributed by atoms with Crippen molar-refractivity contribution in [2.24, 2.45) is 14.0 Å². The summed E-state index contributed by atoms with van der Waals surface area (Å²) >= 11 is 14.4. The van der Waals surface area contributed by atoms with E-state index in [1.54, 1.807) is 0 Å². The number of nitrogens with zero attached hydrogens (tertiary/aromatic N) is 3. The van der Waals surface area contributed by atoms with E-state index < -0.39 is 8.56 Å². The predicted octanol–water partition coefficient (Wildman–Crippen LogP) is 9.21. The van der Waals surface area contributed by atoms with Crippen LogP contribution in [0.4, 0.5) is 0 Å². The minimum Gasteiger partial charge on any atom is -0.493 e. The number of ether oxygens (including phenoxy) is 1. The lowest BCUT2D eigenvalue weighted by atomic mass is 9.81. The fraction of sp³-hybridized carbons (Fsp3) is 0.667. The topological polar surface area (TPSA) is 46.3 Å². The maximum atomic E-state index is 6.37. The van der Waals surface area contributed by atoms with Crippen LogP contribution in [0.25, 0.3) is 0 Å². The summed E-state index contributed by atoms with van der Waals surface area (Å²) in [7, 11) is -2.88. The van der Waals surface area contributed by atoms with E-state index >= 15 is 0 Å². The second-order valence-electron chi connectivity index (χ2n) is 9.45. The molecule has 0 spiro atoms. The first kappa shape index (κ1) is 29.9. The Kier molecular flexibility index (Phi) is 14.6. The lowest BCUT2D eigenvalue weighted by molar-refractivity contribution is 0.307. The van der Waals surface area contributed by atoms with Crippen LogP contribution in [0, 0.1) is 0 Å². The quantitative estimate of drug-likeness (QED) is 0.0899. The van der Waals surface area contributed by atoms with Gasteiger partial charge in [0, 0.05) is 6.04 Å². The molecule has 1 atom stereocenters. The molecule has 0 N–H and O–H groups in total. The Labute approximate surface area is 229 Å². The minimum absolute atomic E-state index is 0.551. The molecule has 1 saturated carbocycles. The highest BCUT2D eigenvalue weighted by molar-refractivity contribution is 7.78. The monoisotopic (exact) mass is 545 g/mol. The first-order valence-corrected chi connectivity index (χ1v) is 16.4. The van der Waals surface area contributed by atoms with Gasteiger partial charge < -0.3 is 4.74 Å². The van der Waals surface area contributed by atoms with Crippen LogP contribution in [-0.2, 0) is 0 Å². The fourth-order valence-electron chi connectivity index (χ4n) is 5.11. The van der Waals surface area contributed by atoms with Crippen molar-refractivity contribution in [1.29, 1.82) is 0 Å². The number of hydrogen-bond donors (Lipinski definition) is 0. The molecule has 0 aliphatic heterocycles. The molecule has 8 heteroatoms. The summed E-state index contributed by atoms with van der Waals surface area (Å²) < 4.78 is 19.0. The van der Waals surface area contributed by atoms with Crippen molar-refractivity contribution in [2.45, 2.75) is 109 Å². The Morgan fingerprint density at radius 3 is 2.20 bits per heavy atom. The second-order valence-corrected chi connectivity index (χ2v) is 12.7. The summed E-state index contributed by atoms with van der Waals surface area (Å²) in [6.45, 7) is 5.13. The van der Waals surface area contributed by atoms with Crippen LogP contribution in [0.15, 0.2) is 32.2 Å². The Hall–Kier alpha value is -1.36. The molecule has 0 bridgehead atoms. The largest absolute Gasteiger partial charge is 0.493 e. The SMILES string of the molecule is CCCCCC(CCC)c1ccc(OCCC[Si](N=C=S)(N=C=S)N=C=S)c(C2CCCCC2)c1. The maximum absolute atomic E-state index is 6.37. The standard InChI is InChI=1S/C27H39N3OS3Si/c1-3-5-7-12-23(11-4-2)25-15-16-27(26(19-25)24-13-8-6-9-14-24)31-17-10-18-35(28-20-32,29-21-33)30-22-34/h15-16,19,23-24H,3-14,17-18H2,1-2H3. The smallest absolute Gasteiger partial charge is 0.461 e. The molecule has 0 amide bonds. The molecule has 1 aromatic rings. The van der Waals surface area contributed by atoms with Crippen molar-refractivity contribution < 1.29 is 4.74 Å². The second kappa shape index (κ2) is 17.2. The first-order chi connectivity index (χ1) is 17.1. The van der Waals surface area contributed by atoms with Crippen LogP contribution >= 0.6 is 36.7 Å². The van der Waals surface area contributed by atoms with Gasteiger partial charge in [-0.3, -0.25) is 0 Å². The highest BCUT2D eigenvalue weighted by Gasteiger charge is 2.34. The molecule has 0 radical (unpaired) electrons. The average Bonchev–Trinajstić information content (AvgIpc) is 2.87. The molecule has 0 heterocycles. The van der Waals surface area contributed by atoms with E-state index in [0.29, 0.717) is 24.5 Å². The molecule has 0 aromatic heterocycles. The number of isothiocyanates is 3. The summed E-state index contributed by atoms with van der Waals surface area (Å²) in [4.78, 5) is 0. The van der Waals surface area contributed by atoms with Gasteiger partial charge in [-0.05, 0) is 97.8 Å². The van der Waals surface area contributed by atoms with Crippen LogP contribution in [0.2, 0.25) is 6.04 Å². The highest BCUT2D eigenvalue weighted by Crippen LogP contribution is 2.40. The van der Waals surface area contributed by atoms with Crippen LogP contribution in [-0.4, -0.2) is 30.6 Å². The maximum Gasteiger partial charge on any atom is 0.461 e. The number of benzene rings is 1. The van der Waals surface area contributed by atoms with Gasteiger partial charge in [0.15, 0.2) is 0 Å². The van der Waals surface area contributed by atoms with Crippen molar-refractivity contribution in [1.82, 2.24) is 0 Å². The molecule has 1 aliphatic rings. The van der Waals surface area contributed by atoms with E-state index in [2.05, 4.69) is 61.5 Å². The summed E-state index contributed by atoms with van der Waals surface area (Å²) in [5.41, 5.74) is 2.89. The summed E-state index contributed by atoms with van der Waals surface area (Å²) in [5.74, 6) is 2.25. The molecule has 2 rings (SSSR count). The third-order valence-corrected chi connectivity index (χ3v) is 10.1. The normalized spacial score (nSPS) is 16.2. The summed E-state index contributed by atoms with van der Waals surface area (Å²) in [6.07, 6.45) is 14.8. The van der Waals surface area contributed by atoms with Crippen LogP contribution in [0.3, 0.4) is 0 Å². The number of unbranched alkanes of at least 4 members (excludes halogenated alkanes) is 2. The third-order valence-electron chi connectivity index (χ3n) is 6.93. The third kappa shape index (κ3) is 9.90. The van der Waals surface area contributed by atoms with E-state index in [1.165, 1.54) is 81.8 Å². The van der Waals surface area contributed by atoms with Crippen molar-refractivity contribution in [3.63, 3.8) is 0 Å². The number of thiocarbonyl (C=S) groups is 3. The van der Waals surface area contributed by atoms with Crippen molar-refractivity contribution in [2.75, 3.05) is 6.61 Å². The molecule has 190 valence electrons. The number of hydrogen-bond acceptors (Lipinski definition) is 7. The molecule has 0 saturated heterocycles. The Balaban J connectivity index is 2.19. The van der Waals surface area contributed by atoms with Gasteiger partial charge >= 0.3 is 8.56 Å². The lowest BCUT2D eigenvalue weighted by Gasteiger charge is -2.26. The zero-order valence-electron chi connectivity index (χ0n) is 21.3. The average molecular weight is 546 g/mol.